The number of hydrogen-bond donors (Lipinski definition) is 5. The van der Waals surface area contributed by atoms with Gasteiger partial charge in [-0.15, -0.1) is 0 Å². The molecule has 4 rings (SSSR count). The molecule has 1 aliphatic heterocycles. The van der Waals surface area contributed by atoms with Crippen LogP contribution in [0, 0.1) is 6.92 Å². The number of rotatable bonds is 22. The van der Waals surface area contributed by atoms with Crippen LogP contribution >= 0.6 is 0 Å². The number of amides is 4. The highest BCUT2D eigenvalue weighted by atomic mass is 16.5. The van der Waals surface area contributed by atoms with E-state index in [1.165, 1.54) is 7.11 Å². The van der Waals surface area contributed by atoms with Crippen molar-refractivity contribution in [1.29, 1.82) is 0 Å². The van der Waals surface area contributed by atoms with Crippen molar-refractivity contribution in [1.82, 2.24) is 21.0 Å². The normalized spacial score (nSPS) is 14.1. The molecule has 0 spiro atoms. The summed E-state index contributed by atoms with van der Waals surface area (Å²) >= 11 is 0. The van der Waals surface area contributed by atoms with Gasteiger partial charge >= 0.3 is 0 Å². The van der Waals surface area contributed by atoms with Gasteiger partial charge in [-0.25, -0.2) is 5.84 Å². The number of nitrogens with one attached hydrogen (secondary N) is 3. The molecule has 56 heavy (non-hydrogen) atoms. The summed E-state index contributed by atoms with van der Waals surface area (Å²) < 4.78 is 22.1. The summed E-state index contributed by atoms with van der Waals surface area (Å²) in [4.78, 5) is 52.1. The molecule has 302 valence electrons. The van der Waals surface area contributed by atoms with E-state index in [0.29, 0.717) is 62.2 Å². The van der Waals surface area contributed by atoms with Crippen molar-refractivity contribution in [2.24, 2.45) is 11.6 Å². The fourth-order valence-electron chi connectivity index (χ4n) is 5.98. The molecule has 3 aromatic rings. The van der Waals surface area contributed by atoms with Crippen LogP contribution in [0.4, 0.5) is 5.69 Å². The monoisotopic (exact) mass is 773 g/mol. The highest BCUT2D eigenvalue weighted by Crippen LogP contribution is 2.36. The number of aryl methyl sites for hydroxylation is 1. The maximum Gasteiger partial charge on any atom is 0.245 e. The Morgan fingerprint density at radius 3 is 2.14 bits per heavy atom. The maximum atomic E-state index is 13.4. The minimum atomic E-state index is -0.818. The summed E-state index contributed by atoms with van der Waals surface area (Å²) in [6.45, 7) is 4.71. The number of nitrogens with two attached hydrogens (primary N) is 2. The van der Waals surface area contributed by atoms with E-state index < -0.39 is 6.04 Å². The minimum absolute atomic E-state index is 0.0470. The zero-order chi connectivity index (χ0) is 40.3. The molecule has 15 heteroatoms. The molecule has 1 unspecified atom stereocenters. The molecular weight excluding hydrogens is 718 g/mol. The van der Waals surface area contributed by atoms with Crippen LogP contribution in [0.2, 0.25) is 0 Å². The third-order valence-electron chi connectivity index (χ3n) is 9.04. The average Bonchev–Trinajstić information content (AvgIpc) is 3.20. The van der Waals surface area contributed by atoms with Crippen molar-refractivity contribution < 1.29 is 38.1 Å². The van der Waals surface area contributed by atoms with Crippen molar-refractivity contribution in [2.45, 2.75) is 45.3 Å². The van der Waals surface area contributed by atoms with Gasteiger partial charge in [-0.3, -0.25) is 19.2 Å². The SMILES string of the molecule is CNC(=O)CCC(=O)N1Cc2ccccc2/C(N(N)CCOCCOCCOCCC(=O)NC(COC)C(=O)NCc2ccc(C)cc2)=C(/N)c2ccccc21. The Kier molecular flexibility index (Phi) is 17.8. The lowest BCUT2D eigenvalue weighted by Gasteiger charge is -2.33. The lowest BCUT2D eigenvalue weighted by atomic mass is 9.95. The molecule has 0 fully saturated rings. The predicted molar refractivity (Wildman–Crippen MR) is 213 cm³/mol. The molecule has 0 saturated heterocycles. The van der Waals surface area contributed by atoms with Crippen LogP contribution in [0.5, 0.6) is 0 Å². The fraction of sp³-hybridized carbons (Fsp3) is 0.415. The van der Waals surface area contributed by atoms with Crippen LogP contribution in [0.3, 0.4) is 0 Å². The molecule has 1 heterocycles. The Morgan fingerprint density at radius 1 is 0.804 bits per heavy atom. The van der Waals surface area contributed by atoms with Gasteiger partial charge in [-0.1, -0.05) is 72.3 Å². The number of fused-ring (bicyclic) bond motifs is 2. The smallest absolute Gasteiger partial charge is 0.245 e. The van der Waals surface area contributed by atoms with Gasteiger partial charge in [0.15, 0.2) is 0 Å². The van der Waals surface area contributed by atoms with Crippen molar-refractivity contribution >= 4 is 40.7 Å². The van der Waals surface area contributed by atoms with Gasteiger partial charge in [-0.05, 0) is 24.1 Å². The zero-order valence-corrected chi connectivity index (χ0v) is 32.5. The molecule has 15 nitrogen and oxygen atoms in total. The van der Waals surface area contributed by atoms with Crippen LogP contribution in [-0.2, 0) is 51.2 Å². The molecule has 7 N–H and O–H groups in total. The number of ether oxygens (including phenoxy) is 4. The summed E-state index contributed by atoms with van der Waals surface area (Å²) in [5, 5.41) is 9.67. The lowest BCUT2D eigenvalue weighted by Crippen LogP contribution is -2.49. The first-order valence-corrected chi connectivity index (χ1v) is 18.7. The quantitative estimate of drug-likeness (QED) is 0.0570. The first-order valence-electron chi connectivity index (χ1n) is 18.7. The van der Waals surface area contributed by atoms with E-state index >= 15 is 0 Å². The fourth-order valence-corrected chi connectivity index (χ4v) is 5.98. The molecule has 3 aromatic carbocycles. The van der Waals surface area contributed by atoms with Gasteiger partial charge in [0, 0.05) is 51.1 Å². The van der Waals surface area contributed by atoms with E-state index in [1.807, 2.05) is 79.7 Å². The number of methoxy groups -OCH3 is 1. The van der Waals surface area contributed by atoms with Gasteiger partial charge in [-0.2, -0.15) is 0 Å². The third kappa shape index (κ3) is 13.2. The van der Waals surface area contributed by atoms with E-state index in [9.17, 15) is 19.2 Å². The van der Waals surface area contributed by atoms with Gasteiger partial charge in [0.2, 0.25) is 23.6 Å². The number of anilines is 1. The van der Waals surface area contributed by atoms with Crippen LogP contribution < -0.4 is 32.4 Å². The van der Waals surface area contributed by atoms with E-state index in [0.717, 1.165) is 22.3 Å². The highest BCUT2D eigenvalue weighted by molar-refractivity contribution is 6.01. The third-order valence-corrected chi connectivity index (χ3v) is 9.04. The van der Waals surface area contributed by atoms with Crippen molar-refractivity contribution in [3.8, 4) is 0 Å². The topological polar surface area (TPSA) is 200 Å². The number of carbonyl (C=O) groups is 4. The second kappa shape index (κ2) is 22.9. The van der Waals surface area contributed by atoms with Crippen LogP contribution in [0.1, 0.15) is 47.1 Å². The summed E-state index contributed by atoms with van der Waals surface area (Å²) in [5.41, 5.74) is 12.9. The van der Waals surface area contributed by atoms with Crippen LogP contribution in [0.15, 0.2) is 72.8 Å². The van der Waals surface area contributed by atoms with Crippen LogP contribution in [0.25, 0.3) is 11.4 Å². The number of carbonyl (C=O) groups excluding carboxylic acids is 4. The Bertz CT molecular complexity index is 1790. The second-order valence-electron chi connectivity index (χ2n) is 13.1. The first-order chi connectivity index (χ1) is 27.1. The maximum absolute atomic E-state index is 13.4. The zero-order valence-electron chi connectivity index (χ0n) is 32.5. The lowest BCUT2D eigenvalue weighted by molar-refractivity contribution is -0.131. The Balaban J connectivity index is 1.17. The largest absolute Gasteiger partial charge is 0.396 e. The number of benzene rings is 3. The van der Waals surface area contributed by atoms with Crippen molar-refractivity contribution in [2.75, 3.05) is 71.9 Å². The molecule has 0 saturated carbocycles. The molecular formula is C41H55N7O8. The van der Waals surface area contributed by atoms with Crippen molar-refractivity contribution in [3.05, 3.63) is 101 Å². The Hall–Kier alpha value is -5.32. The van der Waals surface area contributed by atoms with E-state index in [2.05, 4.69) is 16.0 Å². The molecule has 0 bridgehead atoms. The summed E-state index contributed by atoms with van der Waals surface area (Å²) in [6, 6.07) is 22.1. The molecule has 0 aliphatic carbocycles. The van der Waals surface area contributed by atoms with E-state index in [-0.39, 0.29) is 69.3 Å². The van der Waals surface area contributed by atoms with Gasteiger partial charge in [0.25, 0.3) is 0 Å². The summed E-state index contributed by atoms with van der Waals surface area (Å²) in [7, 11) is 3.02. The molecule has 1 atom stereocenters. The Labute approximate surface area is 328 Å². The van der Waals surface area contributed by atoms with Gasteiger partial charge < -0.3 is 50.5 Å². The van der Waals surface area contributed by atoms with E-state index in [4.69, 9.17) is 30.5 Å². The molecule has 4 amide bonds. The van der Waals surface area contributed by atoms with Gasteiger partial charge in [0.1, 0.15) is 6.04 Å². The van der Waals surface area contributed by atoms with Gasteiger partial charge in [0.05, 0.1) is 76.4 Å². The number of nitrogens with zero attached hydrogens (tertiary/aromatic N) is 2. The van der Waals surface area contributed by atoms with Crippen molar-refractivity contribution in [3.63, 3.8) is 0 Å². The Morgan fingerprint density at radius 2 is 1.45 bits per heavy atom. The molecule has 1 aliphatic rings. The molecule has 0 aromatic heterocycles. The van der Waals surface area contributed by atoms with Crippen LogP contribution in [-0.4, -0.2) is 102 Å². The highest BCUT2D eigenvalue weighted by Gasteiger charge is 2.28. The average molecular weight is 774 g/mol. The van der Waals surface area contributed by atoms with E-state index in [1.54, 1.807) is 17.0 Å². The second-order valence-corrected chi connectivity index (χ2v) is 13.1. The number of hydrazine groups is 1. The standard InChI is InChI=1S/C41H55N7O8/c1-29-12-14-30(15-13-29)26-45-41(52)34(28-53-3)46-37(50)18-20-54-22-24-56-25-23-55-21-19-48(43)40-32-9-5-4-8-31(32)27-47(38(51)17-16-36(49)44-2)35-11-7-6-10-33(35)39(40)42/h4-15,34H,16-28,42-43H2,1-3H3,(H,44,49)(H,45,52)(H,46,50)/b40-39-. The summed E-state index contributed by atoms with van der Waals surface area (Å²) in [5.74, 6) is 5.59. The molecule has 0 radical (unpaired) electrons. The summed E-state index contributed by atoms with van der Waals surface area (Å²) in [6.07, 6.45) is 0.214. The number of para-hydroxylation sites is 1. The first kappa shape index (κ1) is 43.4. The predicted octanol–water partition coefficient (Wildman–Crippen LogP) is 2.22. The minimum Gasteiger partial charge on any atom is -0.396 e. The number of hydrogen-bond acceptors (Lipinski definition) is 11.